The van der Waals surface area contributed by atoms with Crippen molar-refractivity contribution in [3.63, 3.8) is 0 Å². The number of benzene rings is 1. The quantitative estimate of drug-likeness (QED) is 0.729. The predicted molar refractivity (Wildman–Crippen MR) is 103 cm³/mol. The Labute approximate surface area is 158 Å². The predicted octanol–water partition coefficient (Wildman–Crippen LogP) is 2.02. The minimum absolute atomic E-state index is 0.0477. The van der Waals surface area contributed by atoms with Crippen LogP contribution in [-0.4, -0.2) is 33.8 Å². The molecule has 2 aromatic heterocycles. The second-order valence-corrected chi connectivity index (χ2v) is 6.96. The number of carbonyl (C=O) groups excluding carboxylic acids is 1. The number of amides is 1. The number of rotatable bonds is 5. The minimum Gasteiger partial charge on any atom is -0.345 e. The zero-order chi connectivity index (χ0) is 18.6. The zero-order valence-electron chi connectivity index (χ0n) is 15.2. The Morgan fingerprint density at radius 3 is 2.67 bits per heavy atom. The molecule has 1 aromatic carbocycles. The van der Waals surface area contributed by atoms with Gasteiger partial charge >= 0.3 is 0 Å². The van der Waals surface area contributed by atoms with Crippen LogP contribution in [0.4, 0.5) is 0 Å². The third-order valence-electron chi connectivity index (χ3n) is 5.14. The minimum atomic E-state index is -0.220. The van der Waals surface area contributed by atoms with Gasteiger partial charge in [-0.3, -0.25) is 14.5 Å². The highest BCUT2D eigenvalue weighted by Gasteiger charge is 2.35. The molecule has 3 aromatic rings. The summed E-state index contributed by atoms with van der Waals surface area (Å²) in [5.41, 5.74) is 3.11. The lowest BCUT2D eigenvalue weighted by molar-refractivity contribution is -0.125. The van der Waals surface area contributed by atoms with E-state index in [1.165, 1.54) is 0 Å². The van der Waals surface area contributed by atoms with E-state index < -0.39 is 0 Å². The first-order valence-corrected chi connectivity index (χ1v) is 9.17. The highest BCUT2D eigenvalue weighted by atomic mass is 16.2. The molecule has 0 aliphatic carbocycles. The molecule has 2 N–H and O–H groups in total. The third-order valence-corrected chi connectivity index (χ3v) is 5.14. The molecule has 1 aliphatic heterocycles. The largest absolute Gasteiger partial charge is 0.345 e. The topological polar surface area (TPSA) is 71.8 Å². The van der Waals surface area contributed by atoms with Crippen LogP contribution in [0.25, 0.3) is 0 Å². The molecule has 6 heteroatoms. The Morgan fingerprint density at radius 1 is 1.15 bits per heavy atom. The highest BCUT2D eigenvalue weighted by Crippen LogP contribution is 2.29. The molecular formula is C21H23N5O. The first-order chi connectivity index (χ1) is 13.2. The number of nitrogens with one attached hydrogen (secondary N) is 2. The van der Waals surface area contributed by atoms with Gasteiger partial charge in [0.15, 0.2) is 0 Å². The van der Waals surface area contributed by atoms with Crippen molar-refractivity contribution in [2.24, 2.45) is 13.0 Å². The van der Waals surface area contributed by atoms with Crippen molar-refractivity contribution < 1.29 is 4.79 Å². The molecule has 1 unspecified atom stereocenters. The van der Waals surface area contributed by atoms with Crippen LogP contribution in [0.1, 0.15) is 28.7 Å². The second-order valence-electron chi connectivity index (χ2n) is 6.96. The number of nitrogens with zero attached hydrogens (tertiary/aromatic N) is 3. The number of hydrogen-bond acceptors (Lipinski definition) is 4. The SMILES string of the molecule is Cn1cc([C@H]2CNC[C@@H]2C(=O)NC(c2ccccc2)c2cccnc2)cn1. The van der Waals surface area contributed by atoms with E-state index in [1.807, 2.05) is 68.1 Å². The van der Waals surface area contributed by atoms with Gasteiger partial charge in [0.05, 0.1) is 18.2 Å². The lowest BCUT2D eigenvalue weighted by Crippen LogP contribution is -2.37. The normalized spacial score (nSPS) is 20.3. The smallest absolute Gasteiger partial charge is 0.225 e. The molecule has 27 heavy (non-hydrogen) atoms. The fourth-order valence-corrected chi connectivity index (χ4v) is 3.74. The molecule has 3 heterocycles. The number of aryl methyl sites for hydroxylation is 1. The molecule has 0 spiro atoms. The van der Waals surface area contributed by atoms with Gasteiger partial charge in [-0.2, -0.15) is 5.10 Å². The summed E-state index contributed by atoms with van der Waals surface area (Å²) in [5, 5.41) is 10.9. The molecule has 138 valence electrons. The molecule has 6 nitrogen and oxygen atoms in total. The number of hydrogen-bond donors (Lipinski definition) is 2. The standard InChI is InChI=1S/C21H23N5O/c1-26-14-17(11-24-26)18-12-23-13-19(18)21(27)25-20(15-6-3-2-4-7-15)16-8-5-9-22-10-16/h2-11,14,18-20,23H,12-13H2,1H3,(H,25,27)/t18-,19+,20?/m1/s1. The van der Waals surface area contributed by atoms with E-state index in [0.29, 0.717) is 6.54 Å². The first-order valence-electron chi connectivity index (χ1n) is 9.17. The molecule has 1 aliphatic rings. The van der Waals surface area contributed by atoms with Gasteiger partial charge in [0, 0.05) is 44.6 Å². The van der Waals surface area contributed by atoms with Gasteiger partial charge in [-0.05, 0) is 22.8 Å². The average molecular weight is 361 g/mol. The maximum atomic E-state index is 13.2. The van der Waals surface area contributed by atoms with E-state index in [9.17, 15) is 4.79 Å². The van der Waals surface area contributed by atoms with Crippen LogP contribution >= 0.6 is 0 Å². The van der Waals surface area contributed by atoms with Crippen molar-refractivity contribution >= 4 is 5.91 Å². The van der Waals surface area contributed by atoms with Gasteiger partial charge in [0.25, 0.3) is 0 Å². The van der Waals surface area contributed by atoms with Gasteiger partial charge in [0.2, 0.25) is 5.91 Å². The molecule has 4 rings (SSSR count). The Bertz CT molecular complexity index is 854. The Morgan fingerprint density at radius 2 is 1.96 bits per heavy atom. The third kappa shape index (κ3) is 3.75. The van der Waals surface area contributed by atoms with Crippen molar-refractivity contribution in [1.82, 2.24) is 25.4 Å². The van der Waals surface area contributed by atoms with Crippen LogP contribution in [0.5, 0.6) is 0 Å². The number of aromatic nitrogens is 3. The van der Waals surface area contributed by atoms with Crippen molar-refractivity contribution in [3.8, 4) is 0 Å². The molecular weight excluding hydrogens is 338 g/mol. The molecule has 0 radical (unpaired) electrons. The summed E-state index contributed by atoms with van der Waals surface area (Å²) in [4.78, 5) is 17.4. The molecule has 0 saturated carbocycles. The van der Waals surface area contributed by atoms with Crippen LogP contribution in [-0.2, 0) is 11.8 Å². The summed E-state index contributed by atoms with van der Waals surface area (Å²) >= 11 is 0. The van der Waals surface area contributed by atoms with E-state index in [1.54, 1.807) is 10.9 Å². The van der Waals surface area contributed by atoms with Crippen molar-refractivity contribution in [2.75, 3.05) is 13.1 Å². The summed E-state index contributed by atoms with van der Waals surface area (Å²) in [6.45, 7) is 1.45. The average Bonchev–Trinajstić information content (AvgIpc) is 3.36. The number of carbonyl (C=O) groups is 1. The lowest BCUT2D eigenvalue weighted by Gasteiger charge is -2.23. The van der Waals surface area contributed by atoms with Gasteiger partial charge in [0.1, 0.15) is 0 Å². The molecule has 3 atom stereocenters. The van der Waals surface area contributed by atoms with Crippen LogP contribution in [0.2, 0.25) is 0 Å². The maximum absolute atomic E-state index is 13.2. The van der Waals surface area contributed by atoms with Gasteiger partial charge in [-0.1, -0.05) is 36.4 Å². The van der Waals surface area contributed by atoms with Crippen LogP contribution in [0, 0.1) is 5.92 Å². The van der Waals surface area contributed by atoms with Crippen LogP contribution < -0.4 is 10.6 Å². The summed E-state index contributed by atoms with van der Waals surface area (Å²) in [6.07, 6.45) is 7.40. The van der Waals surface area contributed by atoms with E-state index in [2.05, 4.69) is 20.7 Å². The fourth-order valence-electron chi connectivity index (χ4n) is 3.74. The number of pyridine rings is 1. The van der Waals surface area contributed by atoms with Gasteiger partial charge < -0.3 is 10.6 Å². The molecule has 1 fully saturated rings. The van der Waals surface area contributed by atoms with E-state index >= 15 is 0 Å². The summed E-state index contributed by atoms with van der Waals surface area (Å²) < 4.78 is 1.78. The molecule has 1 amide bonds. The van der Waals surface area contributed by atoms with E-state index in [4.69, 9.17) is 0 Å². The van der Waals surface area contributed by atoms with Crippen LogP contribution in [0.15, 0.2) is 67.3 Å². The zero-order valence-corrected chi connectivity index (χ0v) is 15.2. The lowest BCUT2D eigenvalue weighted by atomic mass is 9.89. The van der Waals surface area contributed by atoms with Gasteiger partial charge in [-0.25, -0.2) is 0 Å². The van der Waals surface area contributed by atoms with E-state index in [-0.39, 0.29) is 23.8 Å². The Hall–Kier alpha value is -2.99. The fraction of sp³-hybridized carbons (Fsp3) is 0.286. The highest BCUT2D eigenvalue weighted by molar-refractivity contribution is 5.81. The van der Waals surface area contributed by atoms with Gasteiger partial charge in [-0.15, -0.1) is 0 Å². The second kappa shape index (κ2) is 7.72. The maximum Gasteiger partial charge on any atom is 0.225 e. The Kier molecular flexibility index (Phi) is 4.98. The van der Waals surface area contributed by atoms with Crippen molar-refractivity contribution in [1.29, 1.82) is 0 Å². The summed E-state index contributed by atoms with van der Waals surface area (Å²) in [7, 11) is 1.90. The Balaban J connectivity index is 1.58. The monoisotopic (exact) mass is 361 g/mol. The van der Waals surface area contributed by atoms with E-state index in [0.717, 1.165) is 23.2 Å². The molecule has 0 bridgehead atoms. The summed E-state index contributed by atoms with van der Waals surface area (Å²) in [5.74, 6) is 0.0488. The van der Waals surface area contributed by atoms with Crippen molar-refractivity contribution in [2.45, 2.75) is 12.0 Å². The van der Waals surface area contributed by atoms with Crippen LogP contribution in [0.3, 0.4) is 0 Å². The summed E-state index contributed by atoms with van der Waals surface area (Å²) in [6, 6.07) is 13.7. The van der Waals surface area contributed by atoms with Crippen molar-refractivity contribution in [3.05, 3.63) is 83.9 Å². The molecule has 1 saturated heterocycles. The first kappa shape index (κ1) is 17.4.